The van der Waals surface area contributed by atoms with Crippen molar-refractivity contribution in [3.8, 4) is 11.3 Å². The molecule has 0 fully saturated rings. The number of halogens is 1. The monoisotopic (exact) mass is 306 g/mol. The molecule has 1 aliphatic carbocycles. The molecular weight excluding hydrogens is 292 g/mol. The number of hydrogen-bond donors (Lipinski definition) is 1. The zero-order valence-electron chi connectivity index (χ0n) is 10.4. The molecular formula is C13H15BrN4. The fourth-order valence-corrected chi connectivity index (χ4v) is 3.33. The molecule has 1 N–H and O–H groups in total. The number of aromatic nitrogens is 3. The van der Waals surface area contributed by atoms with E-state index in [2.05, 4.69) is 49.8 Å². The van der Waals surface area contributed by atoms with Gasteiger partial charge in [0.1, 0.15) is 5.69 Å². The van der Waals surface area contributed by atoms with Crippen molar-refractivity contribution >= 4 is 15.9 Å². The van der Waals surface area contributed by atoms with Crippen molar-refractivity contribution in [2.24, 2.45) is 7.05 Å². The Morgan fingerprint density at radius 3 is 2.94 bits per heavy atom. The third-order valence-corrected chi connectivity index (χ3v) is 4.19. The van der Waals surface area contributed by atoms with Crippen LogP contribution in [0.3, 0.4) is 0 Å². The molecule has 1 aliphatic rings. The quantitative estimate of drug-likeness (QED) is 0.927. The lowest BCUT2D eigenvalue weighted by Crippen LogP contribution is -2.12. The number of benzene rings is 1. The number of nitrogens with zero attached hydrogens (tertiary/aromatic N) is 3. The van der Waals surface area contributed by atoms with Crippen molar-refractivity contribution in [2.45, 2.75) is 18.9 Å². The van der Waals surface area contributed by atoms with Gasteiger partial charge < -0.3 is 5.32 Å². The summed E-state index contributed by atoms with van der Waals surface area (Å²) in [7, 11) is 3.95. The molecule has 1 atom stereocenters. The van der Waals surface area contributed by atoms with E-state index in [9.17, 15) is 0 Å². The fourth-order valence-electron chi connectivity index (χ4n) is 2.79. The highest BCUT2D eigenvalue weighted by Gasteiger charge is 2.25. The Kier molecular flexibility index (Phi) is 2.95. The second kappa shape index (κ2) is 4.48. The average Bonchev–Trinajstić information content (AvgIpc) is 2.93. The second-order valence-electron chi connectivity index (χ2n) is 4.61. The van der Waals surface area contributed by atoms with E-state index >= 15 is 0 Å². The highest BCUT2D eigenvalue weighted by molar-refractivity contribution is 9.10. The topological polar surface area (TPSA) is 42.7 Å². The molecule has 0 saturated carbocycles. The molecule has 0 saturated heterocycles. The predicted molar refractivity (Wildman–Crippen MR) is 74.3 cm³/mol. The Balaban J connectivity index is 2.18. The SMILES string of the molecule is CNC1CCc2c(-c3c(Br)nnn3C)cccc21. The number of nitrogens with one attached hydrogen (secondary N) is 1. The smallest absolute Gasteiger partial charge is 0.156 e. The van der Waals surface area contributed by atoms with Gasteiger partial charge in [0.25, 0.3) is 0 Å². The van der Waals surface area contributed by atoms with Crippen LogP contribution in [0.5, 0.6) is 0 Å². The minimum absolute atomic E-state index is 0.472. The number of aryl methyl sites for hydroxylation is 1. The minimum atomic E-state index is 0.472. The average molecular weight is 307 g/mol. The molecule has 4 nitrogen and oxygen atoms in total. The third kappa shape index (κ3) is 1.69. The van der Waals surface area contributed by atoms with Gasteiger partial charge in [0, 0.05) is 18.7 Å². The lowest BCUT2D eigenvalue weighted by molar-refractivity contribution is 0.590. The van der Waals surface area contributed by atoms with Crippen LogP contribution in [0.25, 0.3) is 11.3 Å². The van der Waals surface area contributed by atoms with Crippen LogP contribution < -0.4 is 5.32 Å². The maximum Gasteiger partial charge on any atom is 0.156 e. The predicted octanol–water partition coefficient (Wildman–Crippen LogP) is 2.45. The van der Waals surface area contributed by atoms with E-state index in [0.717, 1.165) is 23.1 Å². The van der Waals surface area contributed by atoms with Gasteiger partial charge in [-0.3, -0.25) is 0 Å². The Morgan fingerprint density at radius 1 is 1.44 bits per heavy atom. The van der Waals surface area contributed by atoms with Gasteiger partial charge in [-0.1, -0.05) is 23.4 Å². The van der Waals surface area contributed by atoms with Crippen molar-refractivity contribution < 1.29 is 0 Å². The van der Waals surface area contributed by atoms with Crippen molar-refractivity contribution in [2.75, 3.05) is 7.05 Å². The number of hydrogen-bond acceptors (Lipinski definition) is 3. The summed E-state index contributed by atoms with van der Waals surface area (Å²) >= 11 is 3.48. The van der Waals surface area contributed by atoms with Crippen LogP contribution >= 0.6 is 15.9 Å². The van der Waals surface area contributed by atoms with E-state index in [4.69, 9.17) is 0 Å². The fraction of sp³-hybridized carbons (Fsp3) is 0.385. The van der Waals surface area contributed by atoms with Gasteiger partial charge in [-0.15, -0.1) is 5.10 Å². The summed E-state index contributed by atoms with van der Waals surface area (Å²) in [6.07, 6.45) is 2.26. The molecule has 1 heterocycles. The molecule has 0 aliphatic heterocycles. The van der Waals surface area contributed by atoms with Crippen molar-refractivity contribution in [3.63, 3.8) is 0 Å². The molecule has 0 amide bonds. The van der Waals surface area contributed by atoms with E-state index in [1.54, 1.807) is 0 Å². The maximum absolute atomic E-state index is 4.07. The zero-order valence-corrected chi connectivity index (χ0v) is 12.0. The van der Waals surface area contributed by atoms with Crippen LogP contribution in [0, 0.1) is 0 Å². The lowest BCUT2D eigenvalue weighted by Gasteiger charge is -2.12. The highest BCUT2D eigenvalue weighted by atomic mass is 79.9. The Hall–Kier alpha value is -1.20. The summed E-state index contributed by atoms with van der Waals surface area (Å²) < 4.78 is 2.64. The van der Waals surface area contributed by atoms with Gasteiger partial charge in [0.2, 0.25) is 0 Å². The Labute approximate surface area is 115 Å². The molecule has 0 spiro atoms. The van der Waals surface area contributed by atoms with E-state index in [1.165, 1.54) is 16.7 Å². The first kappa shape index (κ1) is 11.9. The Bertz CT molecular complexity index is 571. The van der Waals surface area contributed by atoms with Crippen LogP contribution in [0.15, 0.2) is 22.8 Å². The normalized spacial score (nSPS) is 18.1. The van der Waals surface area contributed by atoms with Gasteiger partial charge in [0.15, 0.2) is 4.60 Å². The molecule has 0 radical (unpaired) electrons. The van der Waals surface area contributed by atoms with Crippen molar-refractivity contribution in [1.29, 1.82) is 0 Å². The van der Waals surface area contributed by atoms with Gasteiger partial charge in [-0.05, 0) is 46.9 Å². The van der Waals surface area contributed by atoms with Crippen LogP contribution in [0.2, 0.25) is 0 Å². The maximum atomic E-state index is 4.07. The van der Waals surface area contributed by atoms with Crippen LogP contribution in [-0.4, -0.2) is 22.0 Å². The summed E-state index contributed by atoms with van der Waals surface area (Å²) in [5.74, 6) is 0. The van der Waals surface area contributed by atoms with Crippen LogP contribution in [0.4, 0.5) is 0 Å². The first-order valence-corrected chi connectivity index (χ1v) is 6.86. The number of fused-ring (bicyclic) bond motifs is 1. The van der Waals surface area contributed by atoms with Gasteiger partial charge >= 0.3 is 0 Å². The van der Waals surface area contributed by atoms with Crippen LogP contribution in [0.1, 0.15) is 23.6 Å². The summed E-state index contributed by atoms with van der Waals surface area (Å²) in [4.78, 5) is 0. The molecule has 3 rings (SSSR count). The molecule has 0 bridgehead atoms. The molecule has 1 aromatic carbocycles. The molecule has 18 heavy (non-hydrogen) atoms. The third-order valence-electron chi connectivity index (χ3n) is 3.66. The first-order chi connectivity index (χ1) is 8.72. The standard InChI is InChI=1S/C13H15BrN4/c1-15-11-7-6-8-9(11)4-3-5-10(8)12-13(14)16-17-18(12)2/h3-5,11,15H,6-7H2,1-2H3. The zero-order chi connectivity index (χ0) is 12.7. The number of rotatable bonds is 2. The van der Waals surface area contributed by atoms with E-state index in [1.807, 2.05) is 18.8 Å². The second-order valence-corrected chi connectivity index (χ2v) is 5.36. The molecule has 1 aromatic heterocycles. The van der Waals surface area contributed by atoms with Crippen molar-refractivity contribution in [1.82, 2.24) is 20.3 Å². The molecule has 2 aromatic rings. The minimum Gasteiger partial charge on any atom is -0.313 e. The summed E-state index contributed by atoms with van der Waals surface area (Å²) in [5.41, 5.74) is 5.12. The summed E-state index contributed by atoms with van der Waals surface area (Å²) in [5, 5.41) is 11.5. The van der Waals surface area contributed by atoms with E-state index in [0.29, 0.717) is 6.04 Å². The van der Waals surface area contributed by atoms with Gasteiger partial charge in [-0.25, -0.2) is 4.68 Å². The highest BCUT2D eigenvalue weighted by Crippen LogP contribution is 2.38. The molecule has 94 valence electrons. The van der Waals surface area contributed by atoms with Gasteiger partial charge in [0.05, 0.1) is 0 Å². The molecule has 1 unspecified atom stereocenters. The van der Waals surface area contributed by atoms with Gasteiger partial charge in [-0.2, -0.15) is 0 Å². The lowest BCUT2D eigenvalue weighted by atomic mass is 10.0. The summed E-state index contributed by atoms with van der Waals surface area (Å²) in [6, 6.07) is 6.95. The van der Waals surface area contributed by atoms with Crippen molar-refractivity contribution in [3.05, 3.63) is 33.9 Å². The largest absolute Gasteiger partial charge is 0.313 e. The Morgan fingerprint density at radius 2 is 2.28 bits per heavy atom. The molecule has 5 heteroatoms. The van der Waals surface area contributed by atoms with Crippen LogP contribution in [-0.2, 0) is 13.5 Å². The summed E-state index contributed by atoms with van der Waals surface area (Å²) in [6.45, 7) is 0. The van der Waals surface area contributed by atoms with E-state index < -0.39 is 0 Å². The first-order valence-electron chi connectivity index (χ1n) is 6.07. The van der Waals surface area contributed by atoms with E-state index in [-0.39, 0.29) is 0 Å².